The molecule has 5 rings (SSSR count). The number of likely N-dealkylation sites (tertiary alicyclic amines) is 1. The zero-order chi connectivity index (χ0) is 20.0. The molecule has 0 radical (unpaired) electrons. The highest BCUT2D eigenvalue weighted by molar-refractivity contribution is 6.32. The lowest BCUT2D eigenvalue weighted by atomic mass is 9.75. The Kier molecular flexibility index (Phi) is 3.75. The predicted octanol–water partition coefficient (Wildman–Crippen LogP) is 2.67. The predicted molar refractivity (Wildman–Crippen MR) is 105 cm³/mol. The maximum atomic E-state index is 13.6. The SMILES string of the molecule is CCC(C)N1C(=O)C2C3CCCN3C3(C(=O)Nc4c3ccc(Cl)c4C)C2C1=O. The fraction of sp³-hybridized carbons (Fsp3) is 0.571. The van der Waals surface area contributed by atoms with E-state index in [1.165, 1.54) is 4.90 Å². The molecule has 1 spiro atoms. The van der Waals surface area contributed by atoms with Crippen LogP contribution in [0.2, 0.25) is 5.02 Å². The molecule has 28 heavy (non-hydrogen) atoms. The van der Waals surface area contributed by atoms with Crippen molar-refractivity contribution in [1.82, 2.24) is 9.80 Å². The first-order chi connectivity index (χ1) is 13.4. The van der Waals surface area contributed by atoms with E-state index in [-0.39, 0.29) is 29.8 Å². The quantitative estimate of drug-likeness (QED) is 0.773. The standard InChI is InChI=1S/C21H24ClN3O3/c1-4-10(2)25-18(26)15-14-6-5-9-24(14)21(16(15)19(25)27)12-7-8-13(22)11(3)17(12)23-20(21)28/h7-8,10,14-16H,4-6,9H2,1-3H3,(H,23,28). The largest absolute Gasteiger partial charge is 0.324 e. The molecule has 0 saturated carbocycles. The Hall–Kier alpha value is -1.92. The number of hydrogen-bond donors (Lipinski definition) is 1. The first-order valence-electron chi connectivity index (χ1n) is 10.1. The van der Waals surface area contributed by atoms with E-state index < -0.39 is 17.4 Å². The van der Waals surface area contributed by atoms with Gasteiger partial charge in [-0.05, 0) is 51.3 Å². The molecule has 148 valence electrons. The van der Waals surface area contributed by atoms with Gasteiger partial charge in [-0.15, -0.1) is 0 Å². The van der Waals surface area contributed by atoms with Gasteiger partial charge in [0.05, 0.1) is 17.5 Å². The summed E-state index contributed by atoms with van der Waals surface area (Å²) in [6.07, 6.45) is 2.47. The van der Waals surface area contributed by atoms with E-state index in [9.17, 15) is 14.4 Å². The van der Waals surface area contributed by atoms with E-state index >= 15 is 0 Å². The van der Waals surface area contributed by atoms with E-state index in [4.69, 9.17) is 11.6 Å². The van der Waals surface area contributed by atoms with Crippen molar-refractivity contribution in [2.45, 2.75) is 57.7 Å². The van der Waals surface area contributed by atoms with Crippen molar-refractivity contribution in [3.05, 3.63) is 28.3 Å². The lowest BCUT2D eigenvalue weighted by Gasteiger charge is -2.37. The third kappa shape index (κ3) is 1.86. The number of nitrogens with zero attached hydrogens (tertiary/aromatic N) is 2. The molecule has 3 amide bonds. The Morgan fingerprint density at radius 1 is 1.29 bits per heavy atom. The minimum absolute atomic E-state index is 0.0665. The fourth-order valence-corrected chi connectivity index (χ4v) is 6.19. The topological polar surface area (TPSA) is 69.7 Å². The van der Waals surface area contributed by atoms with Crippen LogP contribution in [-0.4, -0.2) is 46.1 Å². The lowest BCUT2D eigenvalue weighted by molar-refractivity contribution is -0.147. The van der Waals surface area contributed by atoms with Crippen LogP contribution >= 0.6 is 11.6 Å². The highest BCUT2D eigenvalue weighted by atomic mass is 35.5. The van der Waals surface area contributed by atoms with Crippen molar-refractivity contribution in [2.24, 2.45) is 11.8 Å². The molecule has 4 heterocycles. The number of amides is 3. The smallest absolute Gasteiger partial charge is 0.250 e. The molecule has 4 aliphatic heterocycles. The number of hydrogen-bond acceptors (Lipinski definition) is 4. The summed E-state index contributed by atoms with van der Waals surface area (Å²) in [4.78, 5) is 44.0. The molecule has 0 aliphatic carbocycles. The monoisotopic (exact) mass is 401 g/mol. The second kappa shape index (κ2) is 5.80. The van der Waals surface area contributed by atoms with Crippen molar-refractivity contribution in [3.8, 4) is 0 Å². The highest BCUT2D eigenvalue weighted by Crippen LogP contribution is 2.61. The van der Waals surface area contributed by atoms with Crippen LogP contribution in [0.25, 0.3) is 0 Å². The van der Waals surface area contributed by atoms with E-state index in [2.05, 4.69) is 10.2 Å². The van der Waals surface area contributed by atoms with Gasteiger partial charge in [0.25, 0.3) is 0 Å². The van der Waals surface area contributed by atoms with Gasteiger partial charge in [-0.25, -0.2) is 0 Å². The molecule has 3 fully saturated rings. The van der Waals surface area contributed by atoms with Gasteiger partial charge in [0.2, 0.25) is 17.7 Å². The summed E-state index contributed by atoms with van der Waals surface area (Å²) in [5, 5.41) is 3.59. The number of carbonyl (C=O) groups excluding carboxylic acids is 3. The normalized spacial score (nSPS) is 34.8. The van der Waals surface area contributed by atoms with Crippen molar-refractivity contribution >= 4 is 35.0 Å². The van der Waals surface area contributed by atoms with Gasteiger partial charge in [-0.1, -0.05) is 24.6 Å². The molecule has 1 aromatic carbocycles. The van der Waals surface area contributed by atoms with E-state index in [0.717, 1.165) is 30.5 Å². The average molecular weight is 402 g/mol. The van der Waals surface area contributed by atoms with Crippen LogP contribution in [0.4, 0.5) is 5.69 Å². The second-order valence-electron chi connectivity index (χ2n) is 8.53. The van der Waals surface area contributed by atoms with Gasteiger partial charge in [0.15, 0.2) is 0 Å². The third-order valence-electron chi connectivity index (χ3n) is 7.43. The number of halogens is 1. The summed E-state index contributed by atoms with van der Waals surface area (Å²) in [6, 6.07) is 3.44. The summed E-state index contributed by atoms with van der Waals surface area (Å²) in [7, 11) is 0. The van der Waals surface area contributed by atoms with Crippen molar-refractivity contribution < 1.29 is 14.4 Å². The molecule has 1 aromatic rings. The van der Waals surface area contributed by atoms with Crippen LogP contribution < -0.4 is 5.32 Å². The Morgan fingerprint density at radius 2 is 2.04 bits per heavy atom. The Morgan fingerprint density at radius 3 is 2.75 bits per heavy atom. The van der Waals surface area contributed by atoms with Gasteiger partial charge in [-0.2, -0.15) is 0 Å². The molecule has 1 N–H and O–H groups in total. The van der Waals surface area contributed by atoms with Crippen molar-refractivity contribution in [1.29, 1.82) is 0 Å². The summed E-state index contributed by atoms with van der Waals surface area (Å²) in [5.74, 6) is -1.61. The summed E-state index contributed by atoms with van der Waals surface area (Å²) in [5.41, 5.74) is 1.20. The molecule has 0 bridgehead atoms. The maximum absolute atomic E-state index is 13.6. The summed E-state index contributed by atoms with van der Waals surface area (Å²) < 4.78 is 0. The molecule has 5 unspecified atom stereocenters. The number of nitrogens with one attached hydrogen (secondary N) is 1. The minimum Gasteiger partial charge on any atom is -0.324 e. The van der Waals surface area contributed by atoms with Crippen molar-refractivity contribution in [3.63, 3.8) is 0 Å². The first-order valence-corrected chi connectivity index (χ1v) is 10.5. The number of anilines is 1. The number of fused-ring (bicyclic) bond motifs is 7. The Bertz CT molecular complexity index is 932. The zero-order valence-electron chi connectivity index (χ0n) is 16.3. The number of rotatable bonds is 2. The van der Waals surface area contributed by atoms with Crippen LogP contribution in [-0.2, 0) is 19.9 Å². The van der Waals surface area contributed by atoms with Crippen LogP contribution in [0.3, 0.4) is 0 Å². The van der Waals surface area contributed by atoms with Gasteiger partial charge in [0, 0.05) is 22.7 Å². The summed E-state index contributed by atoms with van der Waals surface area (Å²) >= 11 is 6.30. The van der Waals surface area contributed by atoms with Crippen LogP contribution in [0.5, 0.6) is 0 Å². The van der Waals surface area contributed by atoms with E-state index in [1.807, 2.05) is 26.8 Å². The number of benzene rings is 1. The molecule has 6 nitrogen and oxygen atoms in total. The molecular weight excluding hydrogens is 378 g/mol. The van der Waals surface area contributed by atoms with Crippen LogP contribution in [0.15, 0.2) is 12.1 Å². The average Bonchev–Trinajstić information content (AvgIpc) is 3.37. The molecular formula is C21H24ClN3O3. The van der Waals surface area contributed by atoms with E-state index in [1.54, 1.807) is 6.07 Å². The lowest BCUT2D eigenvalue weighted by Crippen LogP contribution is -2.54. The van der Waals surface area contributed by atoms with Crippen molar-refractivity contribution in [2.75, 3.05) is 11.9 Å². The Labute approximate surface area is 169 Å². The molecule has 0 aromatic heterocycles. The molecule has 7 heteroatoms. The fourth-order valence-electron chi connectivity index (χ4n) is 6.03. The van der Waals surface area contributed by atoms with Crippen LogP contribution in [0.1, 0.15) is 44.2 Å². The second-order valence-corrected chi connectivity index (χ2v) is 8.93. The molecule has 3 saturated heterocycles. The van der Waals surface area contributed by atoms with Crippen LogP contribution in [0, 0.1) is 18.8 Å². The molecule has 4 aliphatic rings. The summed E-state index contributed by atoms with van der Waals surface area (Å²) in [6.45, 7) is 6.47. The third-order valence-corrected chi connectivity index (χ3v) is 7.84. The number of carbonyl (C=O) groups is 3. The zero-order valence-corrected chi connectivity index (χ0v) is 17.0. The first kappa shape index (κ1) is 18.1. The highest BCUT2D eigenvalue weighted by Gasteiger charge is 2.74. The van der Waals surface area contributed by atoms with Gasteiger partial charge in [-0.3, -0.25) is 24.2 Å². The Balaban J connectivity index is 1.75. The molecule has 5 atom stereocenters. The van der Waals surface area contributed by atoms with E-state index in [0.29, 0.717) is 17.1 Å². The minimum atomic E-state index is -1.11. The van der Waals surface area contributed by atoms with Gasteiger partial charge >= 0.3 is 0 Å². The maximum Gasteiger partial charge on any atom is 0.250 e. The van der Waals surface area contributed by atoms with Gasteiger partial charge in [0.1, 0.15) is 5.54 Å². The van der Waals surface area contributed by atoms with Gasteiger partial charge < -0.3 is 5.32 Å². The number of imide groups is 1.